The predicted octanol–water partition coefficient (Wildman–Crippen LogP) is 3.11. The van der Waals surface area contributed by atoms with Gasteiger partial charge in [-0.15, -0.1) is 0 Å². The summed E-state index contributed by atoms with van der Waals surface area (Å²) >= 11 is 5.71. The molecule has 0 amide bonds. The quantitative estimate of drug-likeness (QED) is 0.490. The fraction of sp³-hybridized carbons (Fsp3) is 0.167. The molecule has 0 fully saturated rings. The lowest BCUT2D eigenvalue weighted by atomic mass is 10.2. The summed E-state index contributed by atoms with van der Waals surface area (Å²) in [5, 5.41) is 11.0. The van der Waals surface area contributed by atoms with Crippen molar-refractivity contribution in [1.29, 1.82) is 0 Å². The van der Waals surface area contributed by atoms with Crippen LogP contribution in [0.2, 0.25) is 5.28 Å². The van der Waals surface area contributed by atoms with Gasteiger partial charge in [0.05, 0.1) is 4.92 Å². The minimum absolute atomic E-state index is 0.0282. The maximum Gasteiger partial charge on any atom is 0.330 e. The van der Waals surface area contributed by atoms with Crippen LogP contribution in [0.3, 0.4) is 0 Å². The van der Waals surface area contributed by atoms with Gasteiger partial charge in [-0.25, -0.2) is 4.98 Å². The molecule has 0 unspecified atom stereocenters. The van der Waals surface area contributed by atoms with E-state index in [-0.39, 0.29) is 16.8 Å². The van der Waals surface area contributed by atoms with Gasteiger partial charge in [0.1, 0.15) is 6.20 Å². The summed E-state index contributed by atoms with van der Waals surface area (Å²) in [6.07, 6.45) is 1.11. The number of aromatic nitrogens is 2. The molecule has 0 atom stereocenters. The molecule has 0 saturated carbocycles. The fourth-order valence-electron chi connectivity index (χ4n) is 1.61. The first-order valence-electron chi connectivity index (χ1n) is 5.46. The Morgan fingerprint density at radius 2 is 1.95 bits per heavy atom. The highest BCUT2D eigenvalue weighted by Crippen LogP contribution is 2.30. The maximum atomic E-state index is 11.0. The Bertz CT molecular complexity index is 616. The molecule has 1 heterocycles. The van der Waals surface area contributed by atoms with Gasteiger partial charge >= 0.3 is 5.69 Å². The number of halogens is 1. The highest BCUT2D eigenvalue weighted by molar-refractivity contribution is 6.28. The van der Waals surface area contributed by atoms with Crippen molar-refractivity contribution in [2.24, 2.45) is 0 Å². The standard InChI is InChI=1S/C12H11ClN4O2/c1-8-3-5-9(6-4-8)16(2)11-10(17(18)19)7-14-12(13)15-11/h3-7H,1-2H3. The van der Waals surface area contributed by atoms with Crippen LogP contribution in [0, 0.1) is 17.0 Å². The van der Waals surface area contributed by atoms with Gasteiger partial charge < -0.3 is 4.90 Å². The van der Waals surface area contributed by atoms with E-state index in [1.54, 1.807) is 11.9 Å². The SMILES string of the molecule is Cc1ccc(N(C)c2nc(Cl)ncc2[N+](=O)[O-])cc1. The van der Waals surface area contributed by atoms with Crippen LogP contribution < -0.4 is 4.90 Å². The van der Waals surface area contributed by atoms with Gasteiger partial charge in [-0.1, -0.05) is 17.7 Å². The minimum atomic E-state index is -0.531. The van der Waals surface area contributed by atoms with Crippen LogP contribution in [0.1, 0.15) is 5.56 Å². The zero-order chi connectivity index (χ0) is 14.0. The predicted molar refractivity (Wildman–Crippen MR) is 72.9 cm³/mol. The van der Waals surface area contributed by atoms with Crippen LogP contribution in [0.4, 0.5) is 17.2 Å². The number of nitrogens with zero attached hydrogens (tertiary/aromatic N) is 4. The summed E-state index contributed by atoms with van der Waals surface area (Å²) in [6, 6.07) is 7.55. The number of hydrogen-bond donors (Lipinski definition) is 0. The van der Waals surface area contributed by atoms with Crippen LogP contribution in [-0.4, -0.2) is 21.9 Å². The molecule has 1 aromatic carbocycles. The van der Waals surface area contributed by atoms with Gasteiger partial charge in [-0.3, -0.25) is 10.1 Å². The van der Waals surface area contributed by atoms with Gasteiger partial charge in [0.2, 0.25) is 11.1 Å². The van der Waals surface area contributed by atoms with Crippen LogP contribution in [0.25, 0.3) is 0 Å². The molecule has 2 aromatic rings. The van der Waals surface area contributed by atoms with Crippen molar-refractivity contribution in [1.82, 2.24) is 9.97 Å². The average molecular weight is 279 g/mol. The largest absolute Gasteiger partial charge is 0.330 e. The van der Waals surface area contributed by atoms with Crippen LogP contribution >= 0.6 is 11.6 Å². The Morgan fingerprint density at radius 3 is 2.53 bits per heavy atom. The monoisotopic (exact) mass is 278 g/mol. The minimum Gasteiger partial charge on any atom is -0.324 e. The number of anilines is 2. The van der Waals surface area contributed by atoms with Crippen molar-refractivity contribution in [3.63, 3.8) is 0 Å². The second-order valence-corrected chi connectivity index (χ2v) is 4.34. The lowest BCUT2D eigenvalue weighted by Crippen LogP contribution is -2.13. The second kappa shape index (κ2) is 5.19. The van der Waals surface area contributed by atoms with Crippen molar-refractivity contribution in [3.05, 3.63) is 51.4 Å². The van der Waals surface area contributed by atoms with E-state index in [9.17, 15) is 10.1 Å². The molecular formula is C12H11ClN4O2. The molecule has 0 aliphatic rings. The van der Waals surface area contributed by atoms with Crippen LogP contribution in [0.5, 0.6) is 0 Å². The number of hydrogen-bond acceptors (Lipinski definition) is 5. The molecule has 0 spiro atoms. The van der Waals surface area contributed by atoms with Crippen molar-refractivity contribution < 1.29 is 4.92 Å². The zero-order valence-electron chi connectivity index (χ0n) is 10.4. The molecular weight excluding hydrogens is 268 g/mol. The molecule has 98 valence electrons. The maximum absolute atomic E-state index is 11.0. The summed E-state index contributed by atoms with van der Waals surface area (Å²) in [5.74, 6) is 0.161. The van der Waals surface area contributed by atoms with E-state index in [4.69, 9.17) is 11.6 Å². The number of aryl methyl sites for hydroxylation is 1. The Kier molecular flexibility index (Phi) is 3.62. The third kappa shape index (κ3) is 2.79. The summed E-state index contributed by atoms with van der Waals surface area (Å²) < 4.78 is 0. The Balaban J connectivity index is 2.48. The molecule has 0 radical (unpaired) electrons. The third-order valence-corrected chi connectivity index (χ3v) is 2.84. The number of benzene rings is 1. The van der Waals surface area contributed by atoms with Gasteiger partial charge in [-0.2, -0.15) is 4.98 Å². The number of nitro groups is 1. The molecule has 1 aromatic heterocycles. The second-order valence-electron chi connectivity index (χ2n) is 4.00. The van der Waals surface area contributed by atoms with Crippen molar-refractivity contribution in [2.45, 2.75) is 6.92 Å². The Hall–Kier alpha value is -2.21. The molecule has 2 rings (SSSR count). The van der Waals surface area contributed by atoms with Gasteiger partial charge in [-0.05, 0) is 30.7 Å². The molecule has 0 N–H and O–H groups in total. The highest BCUT2D eigenvalue weighted by Gasteiger charge is 2.21. The van der Waals surface area contributed by atoms with E-state index < -0.39 is 4.92 Å². The Morgan fingerprint density at radius 1 is 1.32 bits per heavy atom. The van der Waals surface area contributed by atoms with Crippen LogP contribution in [-0.2, 0) is 0 Å². The molecule has 19 heavy (non-hydrogen) atoms. The number of rotatable bonds is 3. The zero-order valence-corrected chi connectivity index (χ0v) is 11.1. The molecule has 7 heteroatoms. The molecule has 0 aliphatic heterocycles. The van der Waals surface area contributed by atoms with E-state index >= 15 is 0 Å². The lowest BCUT2D eigenvalue weighted by Gasteiger charge is -2.18. The van der Waals surface area contributed by atoms with Gasteiger partial charge in [0.15, 0.2) is 0 Å². The van der Waals surface area contributed by atoms with E-state index in [1.807, 2.05) is 31.2 Å². The fourth-order valence-corrected chi connectivity index (χ4v) is 1.74. The first kappa shape index (κ1) is 13.2. The molecule has 0 aliphatic carbocycles. The molecule has 0 saturated heterocycles. The third-order valence-electron chi connectivity index (χ3n) is 2.66. The van der Waals surface area contributed by atoms with Crippen LogP contribution in [0.15, 0.2) is 30.5 Å². The van der Waals surface area contributed by atoms with Crippen molar-refractivity contribution in [3.8, 4) is 0 Å². The Labute approximate surface area is 114 Å². The van der Waals surface area contributed by atoms with Crippen molar-refractivity contribution in [2.75, 3.05) is 11.9 Å². The van der Waals surface area contributed by atoms with E-state index in [0.29, 0.717) is 0 Å². The van der Waals surface area contributed by atoms with Crippen molar-refractivity contribution >= 4 is 28.8 Å². The van der Waals surface area contributed by atoms with Gasteiger partial charge in [0, 0.05) is 12.7 Å². The summed E-state index contributed by atoms with van der Waals surface area (Å²) in [5.41, 5.74) is 1.70. The summed E-state index contributed by atoms with van der Waals surface area (Å²) in [4.78, 5) is 19.6. The van der Waals surface area contributed by atoms with E-state index in [2.05, 4.69) is 9.97 Å². The van der Waals surface area contributed by atoms with E-state index in [1.165, 1.54) is 0 Å². The highest BCUT2D eigenvalue weighted by atomic mass is 35.5. The lowest BCUT2D eigenvalue weighted by molar-refractivity contribution is -0.384. The normalized spacial score (nSPS) is 10.3. The first-order chi connectivity index (χ1) is 8.99. The van der Waals surface area contributed by atoms with Gasteiger partial charge in [0.25, 0.3) is 0 Å². The molecule has 0 bridgehead atoms. The first-order valence-corrected chi connectivity index (χ1v) is 5.84. The average Bonchev–Trinajstić information content (AvgIpc) is 2.38. The topological polar surface area (TPSA) is 72.2 Å². The summed E-state index contributed by atoms with van der Waals surface area (Å²) in [6.45, 7) is 1.97. The van der Waals surface area contributed by atoms with E-state index in [0.717, 1.165) is 17.4 Å². The summed E-state index contributed by atoms with van der Waals surface area (Å²) in [7, 11) is 1.69. The molecule has 6 nitrogen and oxygen atoms in total. The smallest absolute Gasteiger partial charge is 0.324 e.